The first-order chi connectivity index (χ1) is 13.2. The summed E-state index contributed by atoms with van der Waals surface area (Å²) < 4.78 is 3.15. The molecule has 1 fully saturated rings. The van der Waals surface area contributed by atoms with Crippen molar-refractivity contribution in [1.29, 1.82) is 0 Å². The van der Waals surface area contributed by atoms with E-state index in [0.29, 0.717) is 42.3 Å². The molecular weight excluding hydrogens is 360 g/mol. The van der Waals surface area contributed by atoms with Crippen LogP contribution in [0.2, 0.25) is 0 Å². The maximum Gasteiger partial charge on any atom is 0.222 e. The molecule has 0 bridgehead atoms. The Hall–Kier alpha value is -3.00. The Morgan fingerprint density at radius 2 is 2.07 bits per heavy atom. The number of thiophene rings is 1. The molecule has 4 aromatic rings. The van der Waals surface area contributed by atoms with Crippen LogP contribution in [0.1, 0.15) is 12.8 Å². The summed E-state index contributed by atoms with van der Waals surface area (Å²) in [5.41, 5.74) is 8.46. The molecule has 4 heterocycles. The standard InChI is InChI=1S/C19H18N6OS/c20-17-16-19(25(11-21-16)9-8-24-7-3-6-15(24)26)23-18(22-17)13-10-27-14-5-2-1-4-12(13)14/h1-2,4-5,10-11H,3,6-9H2,(H2,20,22,23). The zero-order chi connectivity index (χ0) is 18.4. The molecule has 27 heavy (non-hydrogen) atoms. The van der Waals surface area contributed by atoms with E-state index in [9.17, 15) is 4.79 Å². The molecule has 8 heteroatoms. The van der Waals surface area contributed by atoms with Crippen molar-refractivity contribution in [3.05, 3.63) is 36.0 Å². The zero-order valence-corrected chi connectivity index (χ0v) is 15.4. The second kappa shape index (κ2) is 6.31. The van der Waals surface area contributed by atoms with Crippen LogP contribution >= 0.6 is 11.3 Å². The van der Waals surface area contributed by atoms with Gasteiger partial charge in [0, 0.05) is 47.1 Å². The van der Waals surface area contributed by atoms with Crippen molar-refractivity contribution in [2.24, 2.45) is 0 Å². The monoisotopic (exact) mass is 378 g/mol. The Morgan fingerprint density at radius 1 is 1.19 bits per heavy atom. The van der Waals surface area contributed by atoms with E-state index in [2.05, 4.69) is 27.5 Å². The number of anilines is 1. The molecule has 0 spiro atoms. The van der Waals surface area contributed by atoms with Crippen molar-refractivity contribution in [2.75, 3.05) is 18.8 Å². The summed E-state index contributed by atoms with van der Waals surface area (Å²) in [5, 5.41) is 3.18. The van der Waals surface area contributed by atoms with E-state index in [1.54, 1.807) is 17.7 Å². The van der Waals surface area contributed by atoms with Crippen LogP contribution in [0.3, 0.4) is 0 Å². The van der Waals surface area contributed by atoms with Gasteiger partial charge in [-0.05, 0) is 12.5 Å². The first-order valence-electron chi connectivity index (χ1n) is 8.93. The highest BCUT2D eigenvalue weighted by molar-refractivity contribution is 7.17. The lowest BCUT2D eigenvalue weighted by Crippen LogP contribution is -2.28. The third kappa shape index (κ3) is 2.73. The highest BCUT2D eigenvalue weighted by Crippen LogP contribution is 2.33. The molecule has 1 aliphatic heterocycles. The molecule has 1 saturated heterocycles. The topological polar surface area (TPSA) is 89.9 Å². The summed E-state index contributed by atoms with van der Waals surface area (Å²) in [6, 6.07) is 8.19. The van der Waals surface area contributed by atoms with Gasteiger partial charge in [0.25, 0.3) is 0 Å². The van der Waals surface area contributed by atoms with Gasteiger partial charge in [-0.3, -0.25) is 4.79 Å². The van der Waals surface area contributed by atoms with Crippen LogP contribution in [0.15, 0.2) is 36.0 Å². The van der Waals surface area contributed by atoms with Crippen molar-refractivity contribution >= 4 is 44.3 Å². The molecule has 2 N–H and O–H groups in total. The van der Waals surface area contributed by atoms with Crippen LogP contribution in [0.5, 0.6) is 0 Å². The number of benzene rings is 1. The van der Waals surface area contributed by atoms with Gasteiger partial charge in [-0.2, -0.15) is 0 Å². The molecule has 0 unspecified atom stereocenters. The summed E-state index contributed by atoms with van der Waals surface area (Å²) in [4.78, 5) is 27.4. The van der Waals surface area contributed by atoms with Gasteiger partial charge in [0.1, 0.15) is 5.52 Å². The van der Waals surface area contributed by atoms with E-state index in [-0.39, 0.29) is 5.91 Å². The number of aromatic nitrogens is 4. The maximum absolute atomic E-state index is 11.8. The van der Waals surface area contributed by atoms with Crippen LogP contribution in [-0.2, 0) is 11.3 Å². The highest BCUT2D eigenvalue weighted by atomic mass is 32.1. The Bertz CT molecular complexity index is 1160. The van der Waals surface area contributed by atoms with Crippen molar-refractivity contribution in [1.82, 2.24) is 24.4 Å². The molecular formula is C19H18N6OS. The lowest BCUT2D eigenvalue weighted by Gasteiger charge is -2.15. The minimum atomic E-state index is 0.221. The number of carbonyl (C=O) groups is 1. The molecule has 7 nitrogen and oxygen atoms in total. The molecule has 3 aromatic heterocycles. The zero-order valence-electron chi connectivity index (χ0n) is 14.6. The highest BCUT2D eigenvalue weighted by Gasteiger charge is 2.20. The number of likely N-dealkylation sites (tertiary alicyclic amines) is 1. The number of rotatable bonds is 4. The van der Waals surface area contributed by atoms with Crippen molar-refractivity contribution in [3.8, 4) is 11.4 Å². The second-order valence-electron chi connectivity index (χ2n) is 6.67. The number of hydrogen-bond acceptors (Lipinski definition) is 6. The van der Waals surface area contributed by atoms with E-state index in [1.807, 2.05) is 21.6 Å². The van der Waals surface area contributed by atoms with E-state index >= 15 is 0 Å². The third-order valence-corrected chi connectivity index (χ3v) is 5.96. The van der Waals surface area contributed by atoms with E-state index < -0.39 is 0 Å². The Labute approximate surface area is 159 Å². The number of imidazole rings is 1. The van der Waals surface area contributed by atoms with Crippen molar-refractivity contribution < 1.29 is 4.79 Å². The summed E-state index contributed by atoms with van der Waals surface area (Å²) in [6.07, 6.45) is 3.31. The van der Waals surface area contributed by atoms with Crippen LogP contribution < -0.4 is 5.73 Å². The summed E-state index contributed by atoms with van der Waals surface area (Å²) >= 11 is 1.67. The number of nitrogen functional groups attached to an aromatic ring is 1. The fourth-order valence-corrected chi connectivity index (χ4v) is 4.51. The summed E-state index contributed by atoms with van der Waals surface area (Å²) in [7, 11) is 0. The fraction of sp³-hybridized carbons (Fsp3) is 0.263. The van der Waals surface area contributed by atoms with E-state index in [1.165, 1.54) is 4.70 Å². The van der Waals surface area contributed by atoms with Gasteiger partial charge in [0.2, 0.25) is 5.91 Å². The number of fused-ring (bicyclic) bond motifs is 2. The Balaban J connectivity index is 1.54. The molecule has 1 aliphatic rings. The average Bonchev–Trinajstić information content (AvgIpc) is 3.38. The van der Waals surface area contributed by atoms with Gasteiger partial charge in [-0.25, -0.2) is 15.0 Å². The quantitative estimate of drug-likeness (QED) is 0.590. The second-order valence-corrected chi connectivity index (χ2v) is 7.58. The van der Waals surface area contributed by atoms with Gasteiger partial charge in [-0.1, -0.05) is 18.2 Å². The first kappa shape index (κ1) is 16.2. The summed E-state index contributed by atoms with van der Waals surface area (Å²) in [5.74, 6) is 1.21. The molecule has 0 aliphatic carbocycles. The number of hydrogen-bond donors (Lipinski definition) is 1. The average molecular weight is 378 g/mol. The van der Waals surface area contributed by atoms with E-state index in [0.717, 1.165) is 23.9 Å². The van der Waals surface area contributed by atoms with Crippen LogP contribution in [0, 0.1) is 0 Å². The summed E-state index contributed by atoms with van der Waals surface area (Å²) in [6.45, 7) is 2.13. The minimum Gasteiger partial charge on any atom is -0.382 e. The lowest BCUT2D eigenvalue weighted by atomic mass is 10.1. The third-order valence-electron chi connectivity index (χ3n) is 4.99. The Kier molecular flexibility index (Phi) is 3.78. The molecule has 0 radical (unpaired) electrons. The number of nitrogens with two attached hydrogens (primary N) is 1. The predicted octanol–water partition coefficient (Wildman–Crippen LogP) is 2.91. The predicted molar refractivity (Wildman–Crippen MR) is 106 cm³/mol. The fourth-order valence-electron chi connectivity index (χ4n) is 3.57. The largest absolute Gasteiger partial charge is 0.382 e. The number of amides is 1. The van der Waals surface area contributed by atoms with Crippen molar-refractivity contribution in [3.63, 3.8) is 0 Å². The molecule has 1 amide bonds. The van der Waals surface area contributed by atoms with Crippen LogP contribution in [0.4, 0.5) is 5.82 Å². The smallest absolute Gasteiger partial charge is 0.222 e. The Morgan fingerprint density at radius 3 is 2.93 bits per heavy atom. The normalized spacial score (nSPS) is 14.7. The SMILES string of the molecule is Nc1nc(-c2csc3ccccc23)nc2c1ncn2CCN1CCCC1=O. The molecule has 5 rings (SSSR count). The van der Waals surface area contributed by atoms with Gasteiger partial charge in [0.15, 0.2) is 17.3 Å². The number of carbonyl (C=O) groups excluding carboxylic acids is 1. The molecule has 0 atom stereocenters. The van der Waals surface area contributed by atoms with Gasteiger partial charge < -0.3 is 15.2 Å². The number of nitrogens with zero attached hydrogens (tertiary/aromatic N) is 5. The van der Waals surface area contributed by atoms with Gasteiger partial charge in [-0.15, -0.1) is 11.3 Å². The van der Waals surface area contributed by atoms with Crippen molar-refractivity contribution in [2.45, 2.75) is 19.4 Å². The van der Waals surface area contributed by atoms with Crippen LogP contribution in [0.25, 0.3) is 32.6 Å². The molecule has 1 aromatic carbocycles. The van der Waals surface area contributed by atoms with E-state index in [4.69, 9.17) is 10.7 Å². The van der Waals surface area contributed by atoms with Gasteiger partial charge >= 0.3 is 0 Å². The first-order valence-corrected chi connectivity index (χ1v) is 9.81. The maximum atomic E-state index is 11.8. The molecule has 136 valence electrons. The van der Waals surface area contributed by atoms with Crippen LogP contribution in [-0.4, -0.2) is 43.4 Å². The minimum absolute atomic E-state index is 0.221. The lowest BCUT2D eigenvalue weighted by molar-refractivity contribution is -0.127. The van der Waals surface area contributed by atoms with Gasteiger partial charge in [0.05, 0.1) is 6.33 Å². The molecule has 0 saturated carbocycles.